The van der Waals surface area contributed by atoms with Crippen LogP contribution in [-0.4, -0.2) is 35.7 Å². The highest BCUT2D eigenvalue weighted by Gasteiger charge is 2.31. The lowest BCUT2D eigenvalue weighted by molar-refractivity contribution is -0.159. The van der Waals surface area contributed by atoms with Gasteiger partial charge in [0.1, 0.15) is 0 Å². The van der Waals surface area contributed by atoms with Crippen LogP contribution in [0.3, 0.4) is 0 Å². The van der Waals surface area contributed by atoms with Crippen LogP contribution in [0.1, 0.15) is 23.6 Å². The number of hydrogen-bond donors (Lipinski definition) is 4. The number of carbonyl (C=O) groups is 2. The smallest absolute Gasteiger partial charge is 0.416 e. The second-order valence-corrected chi connectivity index (χ2v) is 6.21. The van der Waals surface area contributed by atoms with E-state index in [4.69, 9.17) is 31.4 Å². The molecule has 0 heterocycles. The zero-order valence-electron chi connectivity index (χ0n) is 15.3. The molecular weight excluding hydrogens is 413 g/mol. The number of hydrogen-bond acceptors (Lipinski definition) is 4. The fourth-order valence-electron chi connectivity index (χ4n) is 2.30. The van der Waals surface area contributed by atoms with E-state index in [1.54, 1.807) is 0 Å². The number of anilines is 1. The van der Waals surface area contributed by atoms with Crippen LogP contribution in [0.4, 0.5) is 18.9 Å². The second kappa shape index (κ2) is 11.3. The fraction of sp³-hybridized carbons (Fsp3) is 0.263. The van der Waals surface area contributed by atoms with E-state index in [0.717, 1.165) is 24.2 Å². The lowest BCUT2D eigenvalue weighted by atomic mass is 10.0. The predicted octanol–water partition coefficient (Wildman–Crippen LogP) is 4.28. The summed E-state index contributed by atoms with van der Waals surface area (Å²) in [4.78, 5) is 18.2. The fourth-order valence-corrected chi connectivity index (χ4v) is 2.47. The third-order valence-electron chi connectivity index (χ3n) is 3.69. The van der Waals surface area contributed by atoms with E-state index in [9.17, 15) is 13.2 Å². The summed E-state index contributed by atoms with van der Waals surface area (Å²) < 4.78 is 38.6. The van der Waals surface area contributed by atoms with Crippen molar-refractivity contribution in [2.45, 2.75) is 18.6 Å². The molecule has 0 aliphatic heterocycles. The molecule has 2 rings (SSSR count). The van der Waals surface area contributed by atoms with E-state index in [1.165, 1.54) is 6.07 Å². The monoisotopic (exact) mass is 432 g/mol. The Balaban J connectivity index is 0.000000612. The van der Waals surface area contributed by atoms with Gasteiger partial charge in [0.05, 0.1) is 22.3 Å². The minimum absolute atomic E-state index is 0.135. The van der Waals surface area contributed by atoms with Crippen LogP contribution in [0.25, 0.3) is 0 Å². The lowest BCUT2D eigenvalue weighted by Crippen LogP contribution is -2.18. The minimum Gasteiger partial charge on any atom is -0.473 e. The van der Waals surface area contributed by atoms with Crippen molar-refractivity contribution in [3.05, 3.63) is 64.7 Å². The number of aliphatic carboxylic acids is 2. The number of alkyl halides is 3. The van der Waals surface area contributed by atoms with E-state index >= 15 is 0 Å². The molecule has 0 radical (unpaired) electrons. The number of benzene rings is 2. The van der Waals surface area contributed by atoms with Gasteiger partial charge in [0.2, 0.25) is 0 Å². The molecule has 0 aliphatic rings. The van der Waals surface area contributed by atoms with Gasteiger partial charge >= 0.3 is 18.1 Å². The first-order chi connectivity index (χ1) is 13.6. The van der Waals surface area contributed by atoms with Gasteiger partial charge in [0, 0.05) is 0 Å². The molecule has 1 atom stereocenters. The number of nitrogens with one attached hydrogen (secondary N) is 2. The molecule has 6 nitrogen and oxygen atoms in total. The van der Waals surface area contributed by atoms with Crippen LogP contribution in [0.15, 0.2) is 48.5 Å². The first-order valence-electron chi connectivity index (χ1n) is 8.35. The van der Waals surface area contributed by atoms with Crippen LogP contribution in [0.2, 0.25) is 5.02 Å². The number of carboxylic acid groups (broad SMARTS) is 2. The molecule has 10 heteroatoms. The van der Waals surface area contributed by atoms with Gasteiger partial charge in [-0.3, -0.25) is 0 Å². The average Bonchev–Trinajstić information content (AvgIpc) is 2.66. The van der Waals surface area contributed by atoms with E-state index in [2.05, 4.69) is 10.6 Å². The summed E-state index contributed by atoms with van der Waals surface area (Å²) in [5, 5.41) is 21.2. The Morgan fingerprint density at radius 2 is 1.66 bits per heavy atom. The maximum absolute atomic E-state index is 12.9. The van der Waals surface area contributed by atoms with E-state index < -0.39 is 23.7 Å². The quantitative estimate of drug-likeness (QED) is 0.509. The van der Waals surface area contributed by atoms with E-state index in [0.29, 0.717) is 6.42 Å². The summed E-state index contributed by atoms with van der Waals surface area (Å²) >= 11 is 6.07. The van der Waals surface area contributed by atoms with Crippen molar-refractivity contribution in [3.63, 3.8) is 0 Å². The second-order valence-electron chi connectivity index (χ2n) is 5.80. The van der Waals surface area contributed by atoms with Gasteiger partial charge in [-0.1, -0.05) is 41.9 Å². The van der Waals surface area contributed by atoms with Crippen LogP contribution in [0, 0.1) is 0 Å². The van der Waals surface area contributed by atoms with Crippen LogP contribution in [-0.2, 0) is 15.8 Å². The zero-order valence-corrected chi connectivity index (χ0v) is 16.1. The van der Waals surface area contributed by atoms with Crippen molar-refractivity contribution < 1.29 is 33.0 Å². The first kappa shape index (κ1) is 24.3. The van der Waals surface area contributed by atoms with Crippen molar-refractivity contribution >= 4 is 29.2 Å². The SMILES string of the molecule is CNCC[C@@H](Nc1cc(C(F)(F)F)ccc1Cl)c1ccccc1.O=C(O)C(=O)O. The Labute approximate surface area is 170 Å². The first-order valence-corrected chi connectivity index (χ1v) is 8.73. The molecule has 0 fully saturated rings. The molecule has 158 valence electrons. The summed E-state index contributed by atoms with van der Waals surface area (Å²) in [6, 6.07) is 12.8. The van der Waals surface area contributed by atoms with Gasteiger partial charge in [0.15, 0.2) is 0 Å². The minimum atomic E-state index is -4.39. The van der Waals surface area contributed by atoms with Gasteiger partial charge in [-0.25, -0.2) is 9.59 Å². The predicted molar refractivity (Wildman–Crippen MR) is 103 cm³/mol. The summed E-state index contributed by atoms with van der Waals surface area (Å²) in [5.74, 6) is -3.65. The normalized spacial score (nSPS) is 11.8. The third kappa shape index (κ3) is 8.41. The lowest BCUT2D eigenvalue weighted by Gasteiger charge is -2.22. The molecule has 0 aromatic heterocycles. The highest BCUT2D eigenvalue weighted by atomic mass is 35.5. The van der Waals surface area contributed by atoms with E-state index in [1.807, 2.05) is 37.4 Å². The molecule has 0 saturated heterocycles. The van der Waals surface area contributed by atoms with Gasteiger partial charge in [-0.05, 0) is 43.8 Å². The number of carboxylic acids is 2. The number of rotatable bonds is 6. The maximum Gasteiger partial charge on any atom is 0.416 e. The Bertz CT molecular complexity index is 805. The number of halogens is 4. The van der Waals surface area contributed by atoms with Crippen molar-refractivity contribution in [1.29, 1.82) is 0 Å². The van der Waals surface area contributed by atoms with Gasteiger partial charge in [-0.2, -0.15) is 13.2 Å². The van der Waals surface area contributed by atoms with Gasteiger partial charge < -0.3 is 20.8 Å². The Hall–Kier alpha value is -2.78. The largest absolute Gasteiger partial charge is 0.473 e. The Morgan fingerprint density at radius 1 is 1.07 bits per heavy atom. The zero-order chi connectivity index (χ0) is 22.0. The topological polar surface area (TPSA) is 98.7 Å². The molecule has 0 amide bonds. The molecule has 0 aliphatic carbocycles. The maximum atomic E-state index is 12.9. The summed E-state index contributed by atoms with van der Waals surface area (Å²) in [5.41, 5.74) is 0.563. The molecular formula is C19H20ClF3N2O4. The highest BCUT2D eigenvalue weighted by Crippen LogP contribution is 2.35. The molecule has 2 aromatic rings. The summed E-state index contributed by atoms with van der Waals surface area (Å²) in [6.07, 6.45) is -3.68. The Kier molecular flexibility index (Phi) is 9.43. The van der Waals surface area contributed by atoms with Crippen molar-refractivity contribution in [2.75, 3.05) is 18.9 Å². The molecule has 0 unspecified atom stereocenters. The summed E-state index contributed by atoms with van der Waals surface area (Å²) in [6.45, 7) is 0.725. The highest BCUT2D eigenvalue weighted by molar-refractivity contribution is 6.33. The van der Waals surface area contributed by atoms with Crippen molar-refractivity contribution in [2.24, 2.45) is 0 Å². The molecule has 0 bridgehead atoms. The molecule has 4 N–H and O–H groups in total. The third-order valence-corrected chi connectivity index (χ3v) is 4.02. The van der Waals surface area contributed by atoms with Crippen LogP contribution < -0.4 is 10.6 Å². The van der Waals surface area contributed by atoms with Crippen molar-refractivity contribution in [1.82, 2.24) is 5.32 Å². The van der Waals surface area contributed by atoms with E-state index in [-0.39, 0.29) is 16.8 Å². The molecule has 0 saturated carbocycles. The molecule has 29 heavy (non-hydrogen) atoms. The summed E-state index contributed by atoms with van der Waals surface area (Å²) in [7, 11) is 1.83. The van der Waals surface area contributed by atoms with Crippen LogP contribution >= 0.6 is 11.6 Å². The molecule has 2 aromatic carbocycles. The average molecular weight is 433 g/mol. The van der Waals surface area contributed by atoms with Crippen molar-refractivity contribution in [3.8, 4) is 0 Å². The Morgan fingerprint density at radius 3 is 2.14 bits per heavy atom. The molecule has 0 spiro atoms. The standard InChI is InChI=1S/C17H18ClF3N2.C2H2O4/c1-22-10-9-15(12-5-3-2-4-6-12)23-16-11-13(17(19,20)21)7-8-14(16)18;3-1(4)2(5)6/h2-8,11,15,22-23H,9-10H2,1H3;(H,3,4)(H,5,6)/t15-;/m1./s1. The van der Waals surface area contributed by atoms with Gasteiger partial charge in [0.25, 0.3) is 0 Å². The van der Waals surface area contributed by atoms with Crippen LogP contribution in [0.5, 0.6) is 0 Å². The van der Waals surface area contributed by atoms with Gasteiger partial charge in [-0.15, -0.1) is 0 Å².